The lowest BCUT2D eigenvalue weighted by atomic mass is 9.91. The first-order valence-corrected chi connectivity index (χ1v) is 8.39. The van der Waals surface area contributed by atoms with Crippen LogP contribution in [-0.2, 0) is 6.42 Å². The summed E-state index contributed by atoms with van der Waals surface area (Å²) in [5.41, 5.74) is 0. The van der Waals surface area contributed by atoms with Gasteiger partial charge in [0.25, 0.3) is 0 Å². The number of rotatable bonds is 5. The van der Waals surface area contributed by atoms with Gasteiger partial charge in [0.2, 0.25) is 0 Å². The molecule has 0 amide bonds. The second kappa shape index (κ2) is 5.02. The Hall–Kier alpha value is 0.140. The second-order valence-electron chi connectivity index (χ2n) is 5.59. The molecule has 0 spiro atoms. The summed E-state index contributed by atoms with van der Waals surface area (Å²) in [6, 6.07) is 2.99. The summed E-state index contributed by atoms with van der Waals surface area (Å²) in [7, 11) is 0. The van der Waals surface area contributed by atoms with Crippen molar-refractivity contribution >= 4 is 27.3 Å². The van der Waals surface area contributed by atoms with Crippen LogP contribution >= 0.6 is 27.3 Å². The van der Waals surface area contributed by atoms with Crippen LogP contribution in [0.2, 0.25) is 0 Å². The average Bonchev–Trinajstić information content (AvgIpc) is 2.73. The Morgan fingerprint density at radius 1 is 1.41 bits per heavy atom. The Kier molecular flexibility index (Phi) is 3.60. The molecule has 17 heavy (non-hydrogen) atoms. The highest BCUT2D eigenvalue weighted by Crippen LogP contribution is 2.55. The first-order chi connectivity index (χ1) is 8.26. The van der Waals surface area contributed by atoms with Crippen LogP contribution in [-0.4, -0.2) is 12.6 Å². The summed E-state index contributed by atoms with van der Waals surface area (Å²) >= 11 is 5.44. The van der Waals surface area contributed by atoms with Gasteiger partial charge in [-0.1, -0.05) is 6.92 Å². The van der Waals surface area contributed by atoms with Crippen molar-refractivity contribution in [3.8, 4) is 0 Å². The number of fused-ring (bicyclic) bond motifs is 1. The molecule has 0 aromatic carbocycles. The van der Waals surface area contributed by atoms with Gasteiger partial charge >= 0.3 is 0 Å². The van der Waals surface area contributed by atoms with Gasteiger partial charge < -0.3 is 5.32 Å². The number of hydrogen-bond donors (Lipinski definition) is 1. The van der Waals surface area contributed by atoms with Gasteiger partial charge in [-0.25, -0.2) is 0 Å². The quantitative estimate of drug-likeness (QED) is 0.863. The van der Waals surface area contributed by atoms with Crippen LogP contribution in [0.15, 0.2) is 15.9 Å². The van der Waals surface area contributed by atoms with Crippen LogP contribution in [0.4, 0.5) is 0 Å². The van der Waals surface area contributed by atoms with Crippen molar-refractivity contribution in [3.63, 3.8) is 0 Å². The first-order valence-electron chi connectivity index (χ1n) is 6.72. The summed E-state index contributed by atoms with van der Waals surface area (Å²) in [6.45, 7) is 3.33. The highest BCUT2D eigenvalue weighted by atomic mass is 79.9. The minimum Gasteiger partial charge on any atom is -0.314 e. The Morgan fingerprint density at radius 3 is 2.76 bits per heavy atom. The zero-order valence-corrected chi connectivity index (χ0v) is 12.7. The topological polar surface area (TPSA) is 12.0 Å². The molecule has 2 aliphatic carbocycles. The predicted molar refractivity (Wildman–Crippen MR) is 77.5 cm³/mol. The lowest BCUT2D eigenvalue weighted by Gasteiger charge is -2.25. The van der Waals surface area contributed by atoms with Crippen molar-refractivity contribution < 1.29 is 0 Å². The zero-order chi connectivity index (χ0) is 11.8. The van der Waals surface area contributed by atoms with Gasteiger partial charge in [0.15, 0.2) is 0 Å². The zero-order valence-electron chi connectivity index (χ0n) is 10.3. The molecule has 3 rings (SSSR count). The van der Waals surface area contributed by atoms with Crippen LogP contribution in [0.3, 0.4) is 0 Å². The molecule has 3 unspecified atom stereocenters. The van der Waals surface area contributed by atoms with E-state index in [-0.39, 0.29) is 0 Å². The molecule has 0 radical (unpaired) electrons. The number of nitrogens with one attached hydrogen (secondary N) is 1. The molecule has 0 bridgehead atoms. The van der Waals surface area contributed by atoms with Gasteiger partial charge in [0.05, 0.1) is 0 Å². The molecule has 0 aliphatic heterocycles. The predicted octanol–water partition coefficient (Wildman–Crippen LogP) is 4.08. The largest absolute Gasteiger partial charge is 0.314 e. The molecule has 1 aromatic rings. The van der Waals surface area contributed by atoms with Crippen molar-refractivity contribution in [1.82, 2.24) is 5.32 Å². The van der Waals surface area contributed by atoms with Crippen LogP contribution < -0.4 is 5.32 Å². The smallest absolute Gasteiger partial charge is 0.0285 e. The van der Waals surface area contributed by atoms with Crippen molar-refractivity contribution in [2.45, 2.75) is 38.6 Å². The third-order valence-electron chi connectivity index (χ3n) is 4.36. The van der Waals surface area contributed by atoms with Crippen LogP contribution in [0.1, 0.15) is 31.1 Å². The monoisotopic (exact) mass is 313 g/mol. The molecule has 2 saturated carbocycles. The minimum atomic E-state index is 0.707. The molecule has 3 atom stereocenters. The second-order valence-corrected chi connectivity index (χ2v) is 7.50. The third-order valence-corrected chi connectivity index (χ3v) is 6.08. The van der Waals surface area contributed by atoms with E-state index in [4.69, 9.17) is 0 Å². The van der Waals surface area contributed by atoms with Gasteiger partial charge in [0.1, 0.15) is 0 Å². The lowest BCUT2D eigenvalue weighted by Crippen LogP contribution is -2.37. The Morgan fingerprint density at radius 2 is 2.18 bits per heavy atom. The highest BCUT2D eigenvalue weighted by Gasteiger charge is 2.47. The van der Waals surface area contributed by atoms with E-state index in [2.05, 4.69) is 39.6 Å². The molecular formula is C14H20BrNS. The van der Waals surface area contributed by atoms with E-state index in [9.17, 15) is 0 Å². The van der Waals surface area contributed by atoms with E-state index >= 15 is 0 Å². The van der Waals surface area contributed by atoms with Crippen molar-refractivity contribution in [2.24, 2.45) is 17.8 Å². The van der Waals surface area contributed by atoms with Crippen LogP contribution in [0, 0.1) is 17.8 Å². The molecule has 1 nitrogen and oxygen atoms in total. The molecular weight excluding hydrogens is 294 g/mol. The number of thiophene rings is 1. The van der Waals surface area contributed by atoms with Crippen molar-refractivity contribution in [2.75, 3.05) is 6.54 Å². The summed E-state index contributed by atoms with van der Waals surface area (Å²) in [6.07, 6.45) is 5.71. The van der Waals surface area contributed by atoms with Crippen LogP contribution in [0.25, 0.3) is 0 Å². The van der Waals surface area contributed by atoms with E-state index in [1.165, 1.54) is 35.0 Å². The number of hydrogen-bond acceptors (Lipinski definition) is 2. The molecule has 1 heterocycles. The maximum absolute atomic E-state index is 3.71. The van der Waals surface area contributed by atoms with Gasteiger partial charge in [-0.3, -0.25) is 0 Å². The fraction of sp³-hybridized carbons (Fsp3) is 0.714. The molecule has 2 fully saturated rings. The molecule has 94 valence electrons. The van der Waals surface area contributed by atoms with Gasteiger partial charge in [-0.15, -0.1) is 11.3 Å². The Bertz CT molecular complexity index is 379. The number of likely N-dealkylation sites (N-methyl/N-ethyl adjacent to an activating group) is 1. The lowest BCUT2D eigenvalue weighted by molar-refractivity contribution is 0.338. The van der Waals surface area contributed by atoms with Gasteiger partial charge in [-0.05, 0) is 72.0 Å². The van der Waals surface area contributed by atoms with E-state index in [1.54, 1.807) is 0 Å². The van der Waals surface area contributed by atoms with Gasteiger partial charge in [-0.2, -0.15) is 0 Å². The third kappa shape index (κ3) is 2.77. The summed E-state index contributed by atoms with van der Waals surface area (Å²) in [4.78, 5) is 1.52. The molecule has 2 aliphatic rings. The first kappa shape index (κ1) is 12.2. The van der Waals surface area contributed by atoms with Crippen molar-refractivity contribution in [3.05, 3.63) is 20.8 Å². The highest BCUT2D eigenvalue weighted by molar-refractivity contribution is 9.10. The van der Waals surface area contributed by atoms with E-state index in [1.807, 2.05) is 11.3 Å². The number of halogens is 1. The molecule has 0 saturated heterocycles. The molecule has 1 N–H and O–H groups in total. The standard InChI is InChI=1S/C14H20BrNS/c1-2-16-14(7-13-6-12(15)8-17-13)11-4-9-3-10(9)5-11/h6,8-11,14,16H,2-5,7H2,1H3. The maximum atomic E-state index is 3.71. The fourth-order valence-corrected chi connectivity index (χ4v) is 4.95. The minimum absolute atomic E-state index is 0.707. The Labute approximate surface area is 116 Å². The Balaban J connectivity index is 1.63. The van der Waals surface area contributed by atoms with E-state index < -0.39 is 0 Å². The molecule has 3 heteroatoms. The van der Waals surface area contributed by atoms with Gasteiger partial charge in [0, 0.05) is 20.8 Å². The van der Waals surface area contributed by atoms with E-state index in [0.29, 0.717) is 6.04 Å². The van der Waals surface area contributed by atoms with Crippen LogP contribution in [0.5, 0.6) is 0 Å². The molecule has 1 aromatic heterocycles. The van der Waals surface area contributed by atoms with Crippen molar-refractivity contribution in [1.29, 1.82) is 0 Å². The average molecular weight is 314 g/mol. The summed E-state index contributed by atoms with van der Waals surface area (Å²) < 4.78 is 1.24. The normalized spacial score (nSPS) is 32.5. The SMILES string of the molecule is CCNC(Cc1cc(Br)cs1)C1CC2CC2C1. The summed E-state index contributed by atoms with van der Waals surface area (Å²) in [5.74, 6) is 3.12. The van der Waals surface area contributed by atoms with E-state index in [0.717, 1.165) is 24.3 Å². The maximum Gasteiger partial charge on any atom is 0.0285 e. The summed E-state index contributed by atoms with van der Waals surface area (Å²) in [5, 5.41) is 5.91. The fourth-order valence-electron chi connectivity index (χ4n) is 3.44.